The van der Waals surface area contributed by atoms with Crippen LogP contribution in [0.5, 0.6) is 46.0 Å². The van der Waals surface area contributed by atoms with Crippen molar-refractivity contribution in [3.63, 3.8) is 0 Å². The fourth-order valence-corrected chi connectivity index (χ4v) is 10.8. The zero-order valence-electron chi connectivity index (χ0n) is 63.9. The summed E-state index contributed by atoms with van der Waals surface area (Å²) < 4.78 is 9.84. The topological polar surface area (TPSA) is 250 Å². The molecule has 0 aromatic heterocycles. The van der Waals surface area contributed by atoms with Crippen molar-refractivity contribution in [3.05, 3.63) is 343 Å². The number of hydrogen-bond donors (Lipinski definition) is 11. The van der Waals surface area contributed by atoms with Crippen molar-refractivity contribution >= 4 is 64.1 Å². The molecular weight excluding hydrogens is 1380 g/mol. The van der Waals surface area contributed by atoms with Crippen LogP contribution in [0.25, 0.3) is 0 Å². The van der Waals surface area contributed by atoms with E-state index in [0.29, 0.717) is 65.3 Å². The highest BCUT2D eigenvalue weighted by Gasteiger charge is 2.15. The molecular formula is C92H99ClN6O10. The van der Waals surface area contributed by atoms with Crippen LogP contribution in [0.3, 0.4) is 0 Å². The maximum absolute atomic E-state index is 11.4. The number of phenols is 7. The normalized spacial score (nSPS) is 10.6. The minimum absolute atomic E-state index is 0.121. The van der Waals surface area contributed by atoms with Crippen LogP contribution in [0.1, 0.15) is 109 Å². The predicted octanol–water partition coefficient (Wildman–Crippen LogP) is 21.9. The molecule has 0 fully saturated rings. The van der Waals surface area contributed by atoms with Crippen molar-refractivity contribution in [1.29, 1.82) is 0 Å². The van der Waals surface area contributed by atoms with Crippen LogP contribution in [0.4, 0.5) is 34.1 Å². The molecule has 0 aliphatic heterocycles. The highest BCUT2D eigenvalue weighted by Crippen LogP contribution is 2.31. The summed E-state index contributed by atoms with van der Waals surface area (Å²) in [5.41, 5.74) is 19.7. The van der Waals surface area contributed by atoms with Gasteiger partial charge in [-0.3, -0.25) is 9.98 Å². The summed E-state index contributed by atoms with van der Waals surface area (Å²) >= 11 is 6.04. The van der Waals surface area contributed by atoms with Crippen LogP contribution in [-0.4, -0.2) is 68.4 Å². The summed E-state index contributed by atoms with van der Waals surface area (Å²) in [5, 5.41) is 81.7. The van der Waals surface area contributed by atoms with E-state index in [9.17, 15) is 40.5 Å². The largest absolute Gasteiger partial charge is 0.508 e. The molecule has 0 bridgehead atoms. The Morgan fingerprint density at radius 2 is 0.771 bits per heavy atom. The van der Waals surface area contributed by atoms with Gasteiger partial charge in [0.05, 0.1) is 36.2 Å². The van der Waals surface area contributed by atoms with Gasteiger partial charge in [-0.2, -0.15) is 0 Å². The molecule has 0 radical (unpaired) electrons. The number of para-hydroxylation sites is 4. The van der Waals surface area contributed by atoms with E-state index in [1.54, 1.807) is 92.2 Å². The highest BCUT2D eigenvalue weighted by atomic mass is 35.5. The SMILES string of the molecule is COC(=O)c1cccc(NCc2cc(C)ccc2O)c1.COc1cccc(NCc2cc(C)ccc2O)c1.Cc1ccc(O)c(C=Nc2ccccc2C)c1.Cc1ccc(O)c(C=Nc2ccccc2O)c1.Cc1ccc(O)c(CNc2cccc(C(C)(C)C)c2)c1.Cc1ccc(O)c(CNc2ccccc2Cl)c1. The molecule has 16 nitrogen and oxygen atoms in total. The summed E-state index contributed by atoms with van der Waals surface area (Å²) in [6.07, 6.45) is 3.24. The number of halogens is 1. The van der Waals surface area contributed by atoms with Crippen LogP contribution in [0, 0.1) is 48.5 Å². The number of benzene rings is 12. The number of aliphatic imine (C=N–C) groups is 2. The number of aromatic hydroxyl groups is 7. The van der Waals surface area contributed by atoms with Gasteiger partial charge in [-0.05, 0) is 186 Å². The fourth-order valence-electron chi connectivity index (χ4n) is 10.6. The number of rotatable bonds is 18. The number of esters is 1. The lowest BCUT2D eigenvalue weighted by Gasteiger charge is -2.20. The van der Waals surface area contributed by atoms with Crippen LogP contribution < -0.4 is 26.0 Å². The molecule has 12 aromatic rings. The maximum atomic E-state index is 11.4. The Bertz CT molecular complexity index is 4910. The summed E-state index contributed by atoms with van der Waals surface area (Å²) in [5.74, 6) is 2.22. The lowest BCUT2D eigenvalue weighted by molar-refractivity contribution is 0.0600. The molecule has 0 aliphatic carbocycles. The van der Waals surface area contributed by atoms with Gasteiger partial charge in [-0.25, -0.2) is 4.79 Å². The average Bonchev–Trinajstić information content (AvgIpc) is 0.839. The number of hydrogen-bond acceptors (Lipinski definition) is 16. The van der Waals surface area contributed by atoms with Gasteiger partial charge in [0.2, 0.25) is 0 Å². The highest BCUT2D eigenvalue weighted by molar-refractivity contribution is 6.33. The van der Waals surface area contributed by atoms with E-state index in [-0.39, 0.29) is 34.4 Å². The summed E-state index contributed by atoms with van der Waals surface area (Å²) in [4.78, 5) is 20.0. The Hall–Kier alpha value is -12.7. The zero-order chi connectivity index (χ0) is 79.0. The second kappa shape index (κ2) is 41.9. The number of nitrogens with one attached hydrogen (secondary N) is 4. The summed E-state index contributed by atoms with van der Waals surface area (Å²) in [6, 6.07) is 78.5. The molecule has 0 unspecified atom stereocenters. The number of aryl methyl sites for hydroxylation is 7. The molecule has 0 saturated carbocycles. The lowest BCUT2D eigenvalue weighted by atomic mass is 9.87. The smallest absolute Gasteiger partial charge is 0.337 e. The van der Waals surface area contributed by atoms with E-state index in [1.807, 2.05) is 200 Å². The van der Waals surface area contributed by atoms with Crippen molar-refractivity contribution in [2.24, 2.45) is 9.98 Å². The van der Waals surface area contributed by atoms with E-state index in [2.05, 4.69) is 81.0 Å². The van der Waals surface area contributed by atoms with Crippen molar-refractivity contribution in [2.75, 3.05) is 35.5 Å². The minimum Gasteiger partial charge on any atom is -0.508 e. The van der Waals surface area contributed by atoms with E-state index in [1.165, 1.54) is 18.9 Å². The van der Waals surface area contributed by atoms with Crippen LogP contribution >= 0.6 is 11.6 Å². The molecule has 0 saturated heterocycles. The zero-order valence-corrected chi connectivity index (χ0v) is 64.6. The predicted molar refractivity (Wildman–Crippen MR) is 448 cm³/mol. The molecule has 109 heavy (non-hydrogen) atoms. The van der Waals surface area contributed by atoms with Crippen LogP contribution in [-0.2, 0) is 36.3 Å². The van der Waals surface area contributed by atoms with Crippen LogP contribution in [0.2, 0.25) is 5.02 Å². The van der Waals surface area contributed by atoms with E-state index in [4.69, 9.17) is 16.3 Å². The van der Waals surface area contributed by atoms with E-state index < -0.39 is 0 Å². The van der Waals surface area contributed by atoms with Gasteiger partial charge in [-0.15, -0.1) is 0 Å². The Labute approximate surface area is 646 Å². The number of nitrogens with zero attached hydrogens (tertiary/aromatic N) is 2. The fraction of sp³-hybridized carbons (Fsp3) is 0.185. The van der Waals surface area contributed by atoms with E-state index in [0.717, 1.165) is 101 Å². The number of ether oxygens (including phenoxy) is 2. The Morgan fingerprint density at radius 1 is 0.385 bits per heavy atom. The number of methoxy groups -OCH3 is 2. The van der Waals surface area contributed by atoms with Gasteiger partial charge in [-0.1, -0.05) is 193 Å². The average molecular weight is 1480 g/mol. The maximum Gasteiger partial charge on any atom is 0.337 e. The first-order chi connectivity index (χ1) is 52.1. The molecule has 0 atom stereocenters. The minimum atomic E-state index is -0.368. The van der Waals surface area contributed by atoms with Gasteiger partial charge in [0, 0.05) is 95.1 Å². The Kier molecular flexibility index (Phi) is 32.1. The first-order valence-corrected chi connectivity index (χ1v) is 35.8. The number of carbonyl (C=O) groups is 1. The molecule has 0 heterocycles. The second-order valence-electron chi connectivity index (χ2n) is 27.0. The molecule has 0 aliphatic rings. The standard InChI is InChI=1S/C18H23NO.C16H17NO3.C15H17NO2.C15H15NO.C14H14ClNO.C14H13NO2/c1-13-8-9-17(20)14(10-13)12-19-16-7-5-6-15(11-16)18(2,3)4;1-11-6-7-15(18)13(8-11)10-17-14-5-3-4-12(9-14)16(19)20-2;1-11-6-7-15(17)12(8-11)10-16-13-4-3-5-14(9-13)18-2;1-11-7-8-15(17)13(9-11)10-16-14-6-4-3-5-12(14)2;1-10-6-7-14(17)11(8-10)9-16-13-5-3-2-4-12(13)15;1-10-6-7-13(16)11(8-10)9-15-12-4-2-3-5-14(12)17/h5-11,19-20H,12H2,1-4H3;3-9,17-18H,10H2,1-2H3;3-9,16-17H,10H2,1-2H3;3-10,17H,1-2H3;2-8,16-17H,9H2,1H3;2-9,16-17H,1H3. The molecule has 0 spiro atoms. The van der Waals surface area contributed by atoms with Gasteiger partial charge in [0.15, 0.2) is 0 Å². The van der Waals surface area contributed by atoms with Crippen molar-refractivity contribution < 1.29 is 50.0 Å². The monoisotopic (exact) mass is 1480 g/mol. The molecule has 11 N–H and O–H groups in total. The van der Waals surface area contributed by atoms with Gasteiger partial charge in [0.1, 0.15) is 51.7 Å². The third-order valence-electron chi connectivity index (χ3n) is 16.9. The first-order valence-electron chi connectivity index (χ1n) is 35.4. The summed E-state index contributed by atoms with van der Waals surface area (Å²) in [7, 11) is 3.00. The second-order valence-corrected chi connectivity index (χ2v) is 27.4. The van der Waals surface area contributed by atoms with Crippen molar-refractivity contribution in [1.82, 2.24) is 0 Å². The van der Waals surface area contributed by atoms with Gasteiger partial charge >= 0.3 is 5.97 Å². The Morgan fingerprint density at radius 3 is 1.22 bits per heavy atom. The molecule has 0 amide bonds. The molecule has 17 heteroatoms. The number of phenolic OH excluding ortho intramolecular Hbond substituents is 7. The van der Waals surface area contributed by atoms with E-state index >= 15 is 0 Å². The Balaban J connectivity index is 0.000000182. The van der Waals surface area contributed by atoms with Gasteiger partial charge < -0.3 is 66.5 Å². The van der Waals surface area contributed by atoms with Gasteiger partial charge in [0.25, 0.3) is 0 Å². The number of anilines is 4. The molecule has 12 aromatic carbocycles. The van der Waals surface area contributed by atoms with Crippen molar-refractivity contribution in [2.45, 2.75) is 101 Å². The third-order valence-corrected chi connectivity index (χ3v) is 17.2. The molecule has 12 rings (SSSR count). The van der Waals surface area contributed by atoms with Crippen molar-refractivity contribution in [3.8, 4) is 46.0 Å². The lowest BCUT2D eigenvalue weighted by Crippen LogP contribution is -2.11. The third kappa shape index (κ3) is 28.0. The van der Waals surface area contributed by atoms with Crippen LogP contribution in [0.15, 0.2) is 265 Å². The number of carbonyl (C=O) groups excluding carboxylic acids is 1. The quantitative estimate of drug-likeness (QED) is 0.0283. The summed E-state index contributed by atoms with van der Waals surface area (Å²) in [6.45, 7) is 22.8. The first kappa shape index (κ1) is 83.6. The molecule has 564 valence electrons.